The molecular formula is C16H29F3N4O2. The predicted molar refractivity (Wildman–Crippen MR) is 88.5 cm³/mol. The Morgan fingerprint density at radius 1 is 1.16 bits per heavy atom. The third kappa shape index (κ3) is 7.79. The van der Waals surface area contributed by atoms with E-state index in [1.54, 1.807) is 0 Å². The van der Waals surface area contributed by atoms with Crippen molar-refractivity contribution in [3.8, 4) is 0 Å². The summed E-state index contributed by atoms with van der Waals surface area (Å²) in [4.78, 5) is 15.5. The fraction of sp³-hybridized carbons (Fsp3) is 0.938. The Bertz CT molecular complexity index is 426. The molecule has 2 amide bonds. The van der Waals surface area contributed by atoms with E-state index in [1.165, 1.54) is 4.90 Å². The zero-order chi connectivity index (χ0) is 18.4. The van der Waals surface area contributed by atoms with Crippen LogP contribution in [0.25, 0.3) is 0 Å². The van der Waals surface area contributed by atoms with Gasteiger partial charge in [-0.3, -0.25) is 9.80 Å². The second-order valence-electron chi connectivity index (χ2n) is 7.11. The fourth-order valence-corrected chi connectivity index (χ4v) is 3.56. The van der Waals surface area contributed by atoms with Crippen molar-refractivity contribution in [2.75, 3.05) is 45.8 Å². The normalized spacial score (nSPS) is 28.9. The van der Waals surface area contributed by atoms with Crippen molar-refractivity contribution in [3.05, 3.63) is 0 Å². The highest BCUT2D eigenvalue weighted by molar-refractivity contribution is 5.74. The van der Waals surface area contributed by atoms with Gasteiger partial charge in [-0.15, -0.1) is 0 Å². The summed E-state index contributed by atoms with van der Waals surface area (Å²) in [6.07, 6.45) is -2.36. The Morgan fingerprint density at radius 2 is 1.84 bits per heavy atom. The van der Waals surface area contributed by atoms with E-state index in [9.17, 15) is 18.0 Å². The zero-order valence-electron chi connectivity index (χ0n) is 14.9. The maximum absolute atomic E-state index is 12.4. The van der Waals surface area contributed by atoms with Gasteiger partial charge >= 0.3 is 12.2 Å². The Balaban J connectivity index is 1.56. The van der Waals surface area contributed by atoms with E-state index in [1.807, 2.05) is 0 Å². The first-order chi connectivity index (χ1) is 11.7. The molecule has 2 saturated heterocycles. The van der Waals surface area contributed by atoms with Crippen molar-refractivity contribution >= 4 is 6.03 Å². The van der Waals surface area contributed by atoms with E-state index in [0.717, 1.165) is 26.1 Å². The zero-order valence-corrected chi connectivity index (χ0v) is 14.9. The van der Waals surface area contributed by atoms with E-state index in [2.05, 4.69) is 29.4 Å². The van der Waals surface area contributed by atoms with Crippen molar-refractivity contribution in [1.82, 2.24) is 20.4 Å². The van der Waals surface area contributed by atoms with Crippen LogP contribution >= 0.6 is 0 Å². The van der Waals surface area contributed by atoms with Crippen LogP contribution in [0.1, 0.15) is 26.7 Å². The van der Waals surface area contributed by atoms with Crippen molar-refractivity contribution < 1.29 is 22.7 Å². The van der Waals surface area contributed by atoms with E-state index in [0.29, 0.717) is 19.5 Å². The van der Waals surface area contributed by atoms with Crippen LogP contribution in [0.15, 0.2) is 0 Å². The number of urea groups is 1. The molecule has 0 aromatic heterocycles. The van der Waals surface area contributed by atoms with Crippen molar-refractivity contribution in [3.63, 3.8) is 0 Å². The number of ether oxygens (including phenoxy) is 1. The first kappa shape index (κ1) is 20.3. The molecule has 0 radical (unpaired) electrons. The van der Waals surface area contributed by atoms with Gasteiger partial charge in [-0.05, 0) is 26.7 Å². The molecule has 0 saturated carbocycles. The number of carbonyl (C=O) groups is 1. The number of carbonyl (C=O) groups excluding carboxylic acids is 1. The molecule has 2 aliphatic heterocycles. The summed E-state index contributed by atoms with van der Waals surface area (Å²) >= 11 is 0. The van der Waals surface area contributed by atoms with Gasteiger partial charge in [0.25, 0.3) is 0 Å². The van der Waals surface area contributed by atoms with Crippen molar-refractivity contribution in [2.24, 2.45) is 0 Å². The molecule has 2 N–H and O–H groups in total. The first-order valence-electron chi connectivity index (χ1n) is 8.92. The Labute approximate surface area is 147 Å². The lowest BCUT2D eigenvalue weighted by atomic mass is 10.2. The van der Waals surface area contributed by atoms with Gasteiger partial charge < -0.3 is 15.4 Å². The van der Waals surface area contributed by atoms with Crippen LogP contribution in [-0.2, 0) is 4.74 Å². The predicted octanol–water partition coefficient (Wildman–Crippen LogP) is 1.42. The van der Waals surface area contributed by atoms with Gasteiger partial charge in [-0.25, -0.2) is 4.79 Å². The molecular weight excluding hydrogens is 337 g/mol. The monoisotopic (exact) mass is 366 g/mol. The standard InChI is InChI=1S/C16H29F3N4O2/c1-12-8-22(9-13(2)25-12)6-3-5-20-15(24)21-14-4-7-23(10-14)11-16(17,18)19/h12-14H,3-11H2,1-2H3,(H2,20,21,24)/t12-,13-,14+/m1/s1. The van der Waals surface area contributed by atoms with E-state index in [-0.39, 0.29) is 30.8 Å². The number of hydrogen-bond acceptors (Lipinski definition) is 4. The second kappa shape index (κ2) is 9.05. The number of nitrogens with zero attached hydrogens (tertiary/aromatic N) is 2. The molecule has 0 aromatic rings. The molecule has 0 bridgehead atoms. The number of morpholine rings is 1. The average molecular weight is 366 g/mol. The van der Waals surface area contributed by atoms with Gasteiger partial charge in [0.05, 0.1) is 18.8 Å². The fourth-order valence-electron chi connectivity index (χ4n) is 3.56. The van der Waals surface area contributed by atoms with E-state index < -0.39 is 12.7 Å². The summed E-state index contributed by atoms with van der Waals surface area (Å²) in [6, 6.07) is -0.522. The lowest BCUT2D eigenvalue weighted by molar-refractivity contribution is -0.143. The quantitative estimate of drug-likeness (QED) is 0.698. The van der Waals surface area contributed by atoms with Gasteiger partial charge in [0.1, 0.15) is 0 Å². The van der Waals surface area contributed by atoms with Gasteiger partial charge in [0.2, 0.25) is 0 Å². The molecule has 3 atom stereocenters. The smallest absolute Gasteiger partial charge is 0.373 e. The van der Waals surface area contributed by atoms with Crippen LogP contribution in [0, 0.1) is 0 Å². The number of halogens is 3. The summed E-state index contributed by atoms with van der Waals surface area (Å²) in [5.74, 6) is 0. The summed E-state index contributed by atoms with van der Waals surface area (Å²) in [6.45, 7) is 7.03. The molecule has 0 unspecified atom stereocenters. The summed E-state index contributed by atoms with van der Waals surface area (Å²) < 4.78 is 42.7. The molecule has 2 rings (SSSR count). The Kier molecular flexibility index (Phi) is 7.33. The minimum Gasteiger partial charge on any atom is -0.373 e. The number of likely N-dealkylation sites (tertiary alicyclic amines) is 1. The summed E-state index contributed by atoms with van der Waals surface area (Å²) in [7, 11) is 0. The molecule has 25 heavy (non-hydrogen) atoms. The Morgan fingerprint density at radius 3 is 2.48 bits per heavy atom. The summed E-state index contributed by atoms with van der Waals surface area (Å²) in [5.41, 5.74) is 0. The molecule has 6 nitrogen and oxygen atoms in total. The maximum atomic E-state index is 12.4. The highest BCUT2D eigenvalue weighted by Crippen LogP contribution is 2.19. The van der Waals surface area contributed by atoms with Crippen LogP contribution < -0.4 is 10.6 Å². The molecule has 2 aliphatic rings. The third-order valence-electron chi connectivity index (χ3n) is 4.44. The van der Waals surface area contributed by atoms with Gasteiger partial charge in [-0.1, -0.05) is 0 Å². The minimum atomic E-state index is -4.19. The number of alkyl halides is 3. The van der Waals surface area contributed by atoms with Gasteiger partial charge in [0.15, 0.2) is 0 Å². The SMILES string of the molecule is C[C@@H]1CN(CCCNC(=O)N[C@H]2CCN(CC(F)(F)F)C2)C[C@@H](C)O1. The first-order valence-corrected chi connectivity index (χ1v) is 8.92. The molecule has 146 valence electrons. The molecule has 2 fully saturated rings. The van der Waals surface area contributed by atoms with Gasteiger partial charge in [0, 0.05) is 45.3 Å². The van der Waals surface area contributed by atoms with Crippen LogP contribution in [-0.4, -0.2) is 86.1 Å². The lowest BCUT2D eigenvalue weighted by Crippen LogP contribution is -2.47. The van der Waals surface area contributed by atoms with Gasteiger partial charge in [-0.2, -0.15) is 13.2 Å². The number of rotatable bonds is 6. The second-order valence-corrected chi connectivity index (χ2v) is 7.11. The maximum Gasteiger partial charge on any atom is 0.401 e. The van der Waals surface area contributed by atoms with Crippen LogP contribution in [0.2, 0.25) is 0 Å². The minimum absolute atomic E-state index is 0.219. The summed E-state index contributed by atoms with van der Waals surface area (Å²) in [5, 5.41) is 5.54. The van der Waals surface area contributed by atoms with E-state index in [4.69, 9.17) is 4.74 Å². The average Bonchev–Trinajstić information content (AvgIpc) is 2.87. The molecule has 0 aliphatic carbocycles. The highest BCUT2D eigenvalue weighted by Gasteiger charge is 2.34. The number of nitrogens with one attached hydrogen (secondary N) is 2. The van der Waals surface area contributed by atoms with E-state index >= 15 is 0 Å². The van der Waals surface area contributed by atoms with Crippen LogP contribution in [0.3, 0.4) is 0 Å². The lowest BCUT2D eigenvalue weighted by Gasteiger charge is -2.35. The van der Waals surface area contributed by atoms with Crippen LogP contribution in [0.4, 0.5) is 18.0 Å². The number of amides is 2. The Hall–Kier alpha value is -1.06. The van der Waals surface area contributed by atoms with Crippen LogP contribution in [0.5, 0.6) is 0 Å². The highest BCUT2D eigenvalue weighted by atomic mass is 19.4. The molecule has 0 spiro atoms. The molecule has 9 heteroatoms. The van der Waals surface area contributed by atoms with Crippen molar-refractivity contribution in [2.45, 2.75) is 51.1 Å². The number of hydrogen-bond donors (Lipinski definition) is 2. The largest absolute Gasteiger partial charge is 0.401 e. The topological polar surface area (TPSA) is 56.8 Å². The molecule has 0 aromatic carbocycles. The molecule has 2 heterocycles. The van der Waals surface area contributed by atoms with Crippen molar-refractivity contribution in [1.29, 1.82) is 0 Å². The third-order valence-corrected chi connectivity index (χ3v) is 4.44.